The van der Waals surface area contributed by atoms with Crippen LogP contribution in [0.15, 0.2) is 0 Å². The summed E-state index contributed by atoms with van der Waals surface area (Å²) in [6.07, 6.45) is 8.54. The second-order valence-electron chi connectivity index (χ2n) is 6.21. The molecule has 0 radical (unpaired) electrons. The van der Waals surface area contributed by atoms with E-state index in [1.54, 1.807) is 0 Å². The summed E-state index contributed by atoms with van der Waals surface area (Å²) in [6.45, 7) is 3.15. The van der Waals surface area contributed by atoms with Crippen molar-refractivity contribution in [2.75, 3.05) is 13.7 Å². The summed E-state index contributed by atoms with van der Waals surface area (Å²) in [4.78, 5) is 2.64. The Morgan fingerprint density at radius 1 is 1.12 bits per heavy atom. The highest BCUT2D eigenvalue weighted by Crippen LogP contribution is 2.33. The molecule has 3 heterocycles. The highest BCUT2D eigenvalue weighted by atomic mass is 16.5. The van der Waals surface area contributed by atoms with Gasteiger partial charge in [0.05, 0.1) is 6.10 Å². The van der Waals surface area contributed by atoms with Crippen molar-refractivity contribution in [2.24, 2.45) is 0 Å². The average molecular weight is 238 g/mol. The van der Waals surface area contributed by atoms with Crippen molar-refractivity contribution in [1.29, 1.82) is 0 Å². The van der Waals surface area contributed by atoms with Crippen LogP contribution in [0.1, 0.15) is 45.4 Å². The van der Waals surface area contributed by atoms with Crippen LogP contribution in [0.4, 0.5) is 0 Å². The van der Waals surface area contributed by atoms with Crippen LogP contribution in [-0.4, -0.2) is 48.8 Å². The van der Waals surface area contributed by atoms with Gasteiger partial charge in [-0.1, -0.05) is 6.42 Å². The number of rotatable bonds is 2. The third kappa shape index (κ3) is 2.38. The minimum absolute atomic E-state index is 0.412. The van der Waals surface area contributed by atoms with Gasteiger partial charge in [0, 0.05) is 30.8 Å². The van der Waals surface area contributed by atoms with Crippen LogP contribution < -0.4 is 5.32 Å². The van der Waals surface area contributed by atoms with Crippen molar-refractivity contribution in [1.82, 2.24) is 10.2 Å². The molecule has 0 aliphatic carbocycles. The summed E-state index contributed by atoms with van der Waals surface area (Å²) in [5, 5.41) is 3.87. The molecule has 0 aromatic carbocycles. The van der Waals surface area contributed by atoms with E-state index in [2.05, 4.69) is 24.2 Å². The van der Waals surface area contributed by atoms with Crippen LogP contribution in [-0.2, 0) is 4.74 Å². The SMILES string of the molecule is CC1OCCC1NC1CC2CCCC(C1)N2C. The minimum Gasteiger partial charge on any atom is -0.377 e. The van der Waals surface area contributed by atoms with E-state index in [0.29, 0.717) is 12.1 Å². The quantitative estimate of drug-likeness (QED) is 0.793. The Hall–Kier alpha value is -0.120. The first-order chi connectivity index (χ1) is 8.24. The molecule has 3 saturated heterocycles. The van der Waals surface area contributed by atoms with Crippen LogP contribution in [0, 0.1) is 0 Å². The van der Waals surface area contributed by atoms with E-state index in [4.69, 9.17) is 4.74 Å². The summed E-state index contributed by atoms with van der Waals surface area (Å²) in [6, 6.07) is 3.00. The van der Waals surface area contributed by atoms with E-state index in [9.17, 15) is 0 Å². The number of nitrogens with zero attached hydrogens (tertiary/aromatic N) is 1. The van der Waals surface area contributed by atoms with E-state index in [0.717, 1.165) is 24.7 Å². The van der Waals surface area contributed by atoms with Crippen LogP contribution in [0.2, 0.25) is 0 Å². The Labute approximate surface area is 105 Å². The van der Waals surface area contributed by atoms with Crippen molar-refractivity contribution >= 4 is 0 Å². The van der Waals surface area contributed by atoms with Gasteiger partial charge in [0.15, 0.2) is 0 Å². The maximum atomic E-state index is 5.65. The zero-order valence-corrected chi connectivity index (χ0v) is 11.2. The summed E-state index contributed by atoms with van der Waals surface area (Å²) in [7, 11) is 2.33. The first-order valence-electron chi connectivity index (χ1n) is 7.33. The summed E-state index contributed by atoms with van der Waals surface area (Å²) in [5.74, 6) is 0. The molecule has 1 N–H and O–H groups in total. The monoisotopic (exact) mass is 238 g/mol. The molecule has 3 heteroatoms. The third-order valence-electron chi connectivity index (χ3n) is 5.17. The minimum atomic E-state index is 0.412. The Morgan fingerprint density at radius 2 is 1.82 bits per heavy atom. The molecule has 0 spiro atoms. The van der Waals surface area contributed by atoms with Gasteiger partial charge < -0.3 is 15.0 Å². The fraction of sp³-hybridized carbons (Fsp3) is 1.00. The highest BCUT2D eigenvalue weighted by Gasteiger charge is 2.37. The van der Waals surface area contributed by atoms with Gasteiger partial charge in [-0.15, -0.1) is 0 Å². The second kappa shape index (κ2) is 4.87. The van der Waals surface area contributed by atoms with Crippen LogP contribution >= 0.6 is 0 Å². The smallest absolute Gasteiger partial charge is 0.0700 e. The van der Waals surface area contributed by atoms with E-state index in [1.165, 1.54) is 38.5 Å². The van der Waals surface area contributed by atoms with Gasteiger partial charge in [0.25, 0.3) is 0 Å². The first-order valence-corrected chi connectivity index (χ1v) is 7.33. The molecule has 0 amide bonds. The van der Waals surface area contributed by atoms with Crippen molar-refractivity contribution in [2.45, 2.75) is 75.7 Å². The fourth-order valence-electron chi connectivity index (χ4n) is 4.01. The second-order valence-corrected chi connectivity index (χ2v) is 6.21. The van der Waals surface area contributed by atoms with Gasteiger partial charge in [-0.05, 0) is 46.1 Å². The maximum absolute atomic E-state index is 5.65. The molecule has 4 unspecified atom stereocenters. The van der Waals surface area contributed by atoms with Gasteiger partial charge in [0.1, 0.15) is 0 Å². The summed E-state index contributed by atoms with van der Waals surface area (Å²) in [5.41, 5.74) is 0. The van der Waals surface area contributed by atoms with Crippen molar-refractivity contribution < 1.29 is 4.74 Å². The molecule has 3 aliphatic heterocycles. The molecular formula is C14H26N2O. The molecule has 0 aromatic rings. The predicted molar refractivity (Wildman–Crippen MR) is 69.2 cm³/mol. The van der Waals surface area contributed by atoms with Gasteiger partial charge in [-0.25, -0.2) is 0 Å². The molecule has 98 valence electrons. The molecule has 3 aliphatic rings. The lowest BCUT2D eigenvalue weighted by molar-refractivity contribution is 0.0411. The van der Waals surface area contributed by atoms with Crippen molar-refractivity contribution in [3.63, 3.8) is 0 Å². The number of fused-ring (bicyclic) bond motifs is 2. The highest BCUT2D eigenvalue weighted by molar-refractivity contribution is 4.95. The van der Waals surface area contributed by atoms with Crippen LogP contribution in [0.5, 0.6) is 0 Å². The maximum Gasteiger partial charge on any atom is 0.0700 e. The predicted octanol–water partition coefficient (Wildman–Crippen LogP) is 1.77. The first kappa shape index (κ1) is 11.9. The van der Waals surface area contributed by atoms with Crippen LogP contribution in [0.3, 0.4) is 0 Å². The average Bonchev–Trinajstić information content (AvgIpc) is 2.66. The number of hydrogen-bond acceptors (Lipinski definition) is 3. The molecule has 0 saturated carbocycles. The van der Waals surface area contributed by atoms with E-state index in [-0.39, 0.29) is 0 Å². The molecule has 0 aromatic heterocycles. The zero-order valence-electron chi connectivity index (χ0n) is 11.2. The van der Waals surface area contributed by atoms with Gasteiger partial charge >= 0.3 is 0 Å². The Bertz CT molecular complexity index is 257. The molecule has 3 rings (SSSR count). The van der Waals surface area contributed by atoms with E-state index >= 15 is 0 Å². The normalized spacial score (nSPS) is 47.3. The lowest BCUT2D eigenvalue weighted by Crippen LogP contribution is -2.56. The molecule has 2 bridgehead atoms. The Kier molecular flexibility index (Phi) is 3.42. The molecule has 17 heavy (non-hydrogen) atoms. The molecule has 4 atom stereocenters. The topological polar surface area (TPSA) is 24.5 Å². The molecular weight excluding hydrogens is 212 g/mol. The van der Waals surface area contributed by atoms with Crippen LogP contribution in [0.25, 0.3) is 0 Å². The number of piperidine rings is 2. The molecule has 3 fully saturated rings. The lowest BCUT2D eigenvalue weighted by Gasteiger charge is -2.47. The van der Waals surface area contributed by atoms with Gasteiger partial charge in [0.2, 0.25) is 0 Å². The number of ether oxygens (including phenoxy) is 1. The number of hydrogen-bond donors (Lipinski definition) is 1. The van der Waals surface area contributed by atoms with E-state index in [1.807, 2.05) is 0 Å². The van der Waals surface area contributed by atoms with E-state index < -0.39 is 0 Å². The largest absolute Gasteiger partial charge is 0.377 e. The third-order valence-corrected chi connectivity index (χ3v) is 5.17. The summed E-state index contributed by atoms with van der Waals surface area (Å²) < 4.78 is 5.65. The fourth-order valence-corrected chi connectivity index (χ4v) is 4.01. The van der Waals surface area contributed by atoms with Gasteiger partial charge in [-0.2, -0.15) is 0 Å². The van der Waals surface area contributed by atoms with Crippen molar-refractivity contribution in [3.05, 3.63) is 0 Å². The summed E-state index contributed by atoms with van der Waals surface area (Å²) >= 11 is 0. The van der Waals surface area contributed by atoms with Crippen molar-refractivity contribution in [3.8, 4) is 0 Å². The standard InChI is InChI=1S/C14H26N2O/c1-10-14(6-7-17-10)15-11-8-12-4-3-5-13(9-11)16(12)2/h10-15H,3-9H2,1-2H3. The zero-order chi connectivity index (χ0) is 11.8. The number of nitrogens with one attached hydrogen (secondary N) is 1. The van der Waals surface area contributed by atoms with Gasteiger partial charge in [-0.3, -0.25) is 0 Å². The lowest BCUT2D eigenvalue weighted by atomic mass is 9.82. The Morgan fingerprint density at radius 3 is 2.41 bits per heavy atom. The Balaban J connectivity index is 1.58. The molecule has 3 nitrogen and oxygen atoms in total.